The Bertz CT molecular complexity index is 1630. The third-order valence-electron chi connectivity index (χ3n) is 7.22. The zero-order chi connectivity index (χ0) is 27.5. The van der Waals surface area contributed by atoms with Crippen LogP contribution in [0.4, 0.5) is 0 Å². The smallest absolute Gasteiger partial charge is 0.282 e. The van der Waals surface area contributed by atoms with Gasteiger partial charge in [0.15, 0.2) is 23.0 Å². The molecule has 206 valence electrons. The molecule has 0 amide bonds. The third-order valence-corrected chi connectivity index (χ3v) is 7.81. The van der Waals surface area contributed by atoms with Crippen LogP contribution in [-0.2, 0) is 6.61 Å². The van der Waals surface area contributed by atoms with Gasteiger partial charge in [-0.3, -0.25) is 4.79 Å². The highest BCUT2D eigenvalue weighted by atomic mass is 79.9. The largest absolute Gasteiger partial charge is 0.490 e. The number of halogens is 1. The summed E-state index contributed by atoms with van der Waals surface area (Å²) in [6, 6.07) is 17.0. The summed E-state index contributed by atoms with van der Waals surface area (Å²) in [6.45, 7) is 2.94. The van der Waals surface area contributed by atoms with Crippen LogP contribution in [0.1, 0.15) is 61.9 Å². The molecule has 40 heavy (non-hydrogen) atoms. The molecule has 9 heteroatoms. The van der Waals surface area contributed by atoms with E-state index in [2.05, 4.69) is 21.0 Å². The van der Waals surface area contributed by atoms with Crippen LogP contribution < -0.4 is 24.5 Å². The van der Waals surface area contributed by atoms with Gasteiger partial charge in [0.2, 0.25) is 6.79 Å². The number of hydrogen-bond donors (Lipinski definition) is 0. The van der Waals surface area contributed by atoms with Gasteiger partial charge in [-0.2, -0.15) is 9.78 Å². The number of benzene rings is 3. The first-order chi connectivity index (χ1) is 19.6. The number of nitrogens with zero attached hydrogens (tertiary/aromatic N) is 3. The molecule has 1 aliphatic carbocycles. The van der Waals surface area contributed by atoms with Gasteiger partial charge in [0.25, 0.3) is 5.56 Å². The Kier molecular flexibility index (Phi) is 7.73. The highest BCUT2D eigenvalue weighted by Gasteiger charge is 2.22. The average Bonchev–Trinajstić information content (AvgIpc) is 3.45. The number of fused-ring (bicyclic) bond motifs is 2. The van der Waals surface area contributed by atoms with E-state index in [4.69, 9.17) is 23.9 Å². The van der Waals surface area contributed by atoms with Gasteiger partial charge in [0, 0.05) is 5.92 Å². The monoisotopic (exact) mass is 603 g/mol. The second-order valence-corrected chi connectivity index (χ2v) is 10.8. The lowest BCUT2D eigenvalue weighted by molar-refractivity contribution is 0.174. The molecular formula is C31H30BrN3O5. The first kappa shape index (κ1) is 26.4. The van der Waals surface area contributed by atoms with Crippen molar-refractivity contribution < 1.29 is 18.9 Å². The normalized spacial score (nSPS) is 15.2. The molecule has 0 bridgehead atoms. The molecule has 0 saturated heterocycles. The van der Waals surface area contributed by atoms with Crippen LogP contribution >= 0.6 is 15.9 Å². The summed E-state index contributed by atoms with van der Waals surface area (Å²) in [4.78, 5) is 18.4. The molecule has 0 atom stereocenters. The molecule has 1 saturated carbocycles. The van der Waals surface area contributed by atoms with Crippen LogP contribution in [-0.4, -0.2) is 29.3 Å². The van der Waals surface area contributed by atoms with Gasteiger partial charge >= 0.3 is 0 Å². The predicted molar refractivity (Wildman–Crippen MR) is 157 cm³/mol. The number of ether oxygens (including phenoxy) is 4. The molecule has 2 aliphatic rings. The van der Waals surface area contributed by atoms with E-state index in [0.29, 0.717) is 41.4 Å². The Hall–Kier alpha value is -3.85. The van der Waals surface area contributed by atoms with E-state index < -0.39 is 0 Å². The van der Waals surface area contributed by atoms with Crippen LogP contribution in [0, 0.1) is 0 Å². The molecule has 1 fully saturated rings. The second kappa shape index (κ2) is 11.7. The molecule has 4 aromatic rings. The van der Waals surface area contributed by atoms with Crippen LogP contribution in [0.5, 0.6) is 23.0 Å². The number of para-hydroxylation sites is 1. The fourth-order valence-electron chi connectivity index (χ4n) is 5.25. The highest BCUT2D eigenvalue weighted by Crippen LogP contribution is 2.38. The van der Waals surface area contributed by atoms with E-state index in [0.717, 1.165) is 52.9 Å². The number of aromatic nitrogens is 2. The molecule has 2 heterocycles. The molecule has 0 radical (unpaired) electrons. The van der Waals surface area contributed by atoms with Crippen molar-refractivity contribution in [2.75, 3.05) is 13.4 Å². The summed E-state index contributed by atoms with van der Waals surface area (Å²) < 4.78 is 25.2. The molecule has 0 spiro atoms. The van der Waals surface area contributed by atoms with Gasteiger partial charge in [-0.05, 0) is 83.2 Å². The fourth-order valence-corrected chi connectivity index (χ4v) is 5.83. The molecule has 6 rings (SSSR count). The molecule has 1 aromatic heterocycles. The van der Waals surface area contributed by atoms with Crippen molar-refractivity contribution in [2.24, 2.45) is 5.10 Å². The van der Waals surface area contributed by atoms with Gasteiger partial charge < -0.3 is 18.9 Å². The van der Waals surface area contributed by atoms with Gasteiger partial charge in [-0.15, -0.1) is 0 Å². The van der Waals surface area contributed by atoms with Crippen LogP contribution in [0.25, 0.3) is 10.9 Å². The minimum atomic E-state index is -0.157. The first-order valence-electron chi connectivity index (χ1n) is 13.6. The standard InChI is InChI=1S/C31H30BrN3O5/c1-2-37-28-16-21(14-24(32)29(28)38-18-20-12-13-26-27(15-20)40-19-39-26)17-33-35-30(22-8-4-3-5-9-22)34-25-11-7-6-10-23(25)31(35)36/h6-7,10-17,22H,2-5,8-9,18-19H2,1H3. The Balaban J connectivity index is 1.31. The maximum atomic E-state index is 13.5. The van der Waals surface area contributed by atoms with Crippen molar-refractivity contribution in [3.05, 3.63) is 86.4 Å². The van der Waals surface area contributed by atoms with E-state index in [1.807, 2.05) is 55.5 Å². The molecule has 3 aromatic carbocycles. The maximum Gasteiger partial charge on any atom is 0.282 e. The number of hydrogen-bond acceptors (Lipinski definition) is 7. The summed E-state index contributed by atoms with van der Waals surface area (Å²) in [5, 5.41) is 5.23. The van der Waals surface area contributed by atoms with E-state index in [9.17, 15) is 4.79 Å². The topological polar surface area (TPSA) is 84.2 Å². The molecule has 0 unspecified atom stereocenters. The molecular weight excluding hydrogens is 574 g/mol. The fraction of sp³-hybridized carbons (Fsp3) is 0.323. The second-order valence-electron chi connectivity index (χ2n) is 9.92. The highest BCUT2D eigenvalue weighted by molar-refractivity contribution is 9.10. The lowest BCUT2D eigenvalue weighted by Crippen LogP contribution is -2.25. The summed E-state index contributed by atoms with van der Waals surface area (Å²) >= 11 is 3.65. The van der Waals surface area contributed by atoms with Crippen molar-refractivity contribution >= 4 is 33.0 Å². The summed E-state index contributed by atoms with van der Waals surface area (Å²) in [5.74, 6) is 3.55. The average molecular weight is 605 g/mol. The summed E-state index contributed by atoms with van der Waals surface area (Å²) in [6.07, 6.45) is 7.18. The summed E-state index contributed by atoms with van der Waals surface area (Å²) in [5.41, 5.74) is 2.27. The quantitative estimate of drug-likeness (QED) is 0.206. The van der Waals surface area contributed by atoms with Crippen molar-refractivity contribution in [3.8, 4) is 23.0 Å². The van der Waals surface area contributed by atoms with E-state index in [1.54, 1.807) is 12.3 Å². The van der Waals surface area contributed by atoms with Crippen molar-refractivity contribution in [3.63, 3.8) is 0 Å². The van der Waals surface area contributed by atoms with Crippen LogP contribution in [0.3, 0.4) is 0 Å². The zero-order valence-electron chi connectivity index (χ0n) is 22.3. The zero-order valence-corrected chi connectivity index (χ0v) is 23.9. The Labute approximate surface area is 240 Å². The third kappa shape index (κ3) is 5.43. The van der Waals surface area contributed by atoms with Crippen LogP contribution in [0.2, 0.25) is 0 Å². The summed E-state index contributed by atoms with van der Waals surface area (Å²) in [7, 11) is 0. The van der Waals surface area contributed by atoms with Gasteiger partial charge in [-0.25, -0.2) is 4.98 Å². The van der Waals surface area contributed by atoms with E-state index >= 15 is 0 Å². The predicted octanol–water partition coefficient (Wildman–Crippen LogP) is 6.80. The first-order valence-corrected chi connectivity index (χ1v) is 14.4. The van der Waals surface area contributed by atoms with Crippen molar-refractivity contribution in [1.82, 2.24) is 9.66 Å². The van der Waals surface area contributed by atoms with E-state index in [-0.39, 0.29) is 18.3 Å². The van der Waals surface area contributed by atoms with Gasteiger partial charge in [-0.1, -0.05) is 37.5 Å². The lowest BCUT2D eigenvalue weighted by Gasteiger charge is -2.22. The minimum Gasteiger partial charge on any atom is -0.490 e. The molecule has 0 N–H and O–H groups in total. The maximum absolute atomic E-state index is 13.5. The molecule has 1 aliphatic heterocycles. The Morgan fingerprint density at radius 2 is 1.88 bits per heavy atom. The molecule has 8 nitrogen and oxygen atoms in total. The lowest BCUT2D eigenvalue weighted by atomic mass is 9.88. The van der Waals surface area contributed by atoms with Gasteiger partial charge in [0.1, 0.15) is 12.4 Å². The number of rotatable bonds is 8. The van der Waals surface area contributed by atoms with E-state index in [1.165, 1.54) is 11.1 Å². The van der Waals surface area contributed by atoms with Gasteiger partial charge in [0.05, 0.1) is 28.2 Å². The van der Waals surface area contributed by atoms with Crippen molar-refractivity contribution in [1.29, 1.82) is 0 Å². The SMILES string of the molecule is CCOc1cc(C=Nn2c(C3CCCCC3)nc3ccccc3c2=O)cc(Br)c1OCc1ccc2c(c1)OCO2. The van der Waals surface area contributed by atoms with Crippen molar-refractivity contribution in [2.45, 2.75) is 51.6 Å². The minimum absolute atomic E-state index is 0.157. The Morgan fingerprint density at radius 3 is 2.73 bits per heavy atom. The van der Waals surface area contributed by atoms with Crippen LogP contribution in [0.15, 0.2) is 69.0 Å². The Morgan fingerprint density at radius 1 is 1.05 bits per heavy atom.